The Morgan fingerprint density at radius 3 is 2.38 bits per heavy atom. The zero-order chi connectivity index (χ0) is 26.3. The summed E-state index contributed by atoms with van der Waals surface area (Å²) < 4.78 is 10.3. The minimum Gasteiger partial charge on any atom is -0.456 e. The van der Waals surface area contributed by atoms with Gasteiger partial charge in [0, 0.05) is 60.0 Å². The van der Waals surface area contributed by atoms with Crippen molar-refractivity contribution in [1.82, 2.24) is 19.6 Å². The summed E-state index contributed by atoms with van der Waals surface area (Å²) in [5.41, 5.74) is 4.84. The molecule has 0 saturated carbocycles. The fraction of sp³-hybridized carbons (Fsp3) is 0.310. The minimum atomic E-state index is -1.29. The summed E-state index contributed by atoms with van der Waals surface area (Å²) in [6, 6.07) is 15.9. The van der Waals surface area contributed by atoms with Crippen LogP contribution in [0.15, 0.2) is 52.9 Å². The highest BCUT2D eigenvalue weighted by Crippen LogP contribution is 2.43. The molecule has 0 spiro atoms. The molecule has 8 nitrogen and oxygen atoms in total. The second-order valence-corrected chi connectivity index (χ2v) is 9.04. The number of aromatic nitrogens is 3. The summed E-state index contributed by atoms with van der Waals surface area (Å²) in [5.74, 6) is -0.602. The summed E-state index contributed by atoms with van der Waals surface area (Å²) in [7, 11) is 1.74. The maximum Gasteiger partial charge on any atom is 0.389 e. The normalized spacial score (nSPS) is 11.5. The molecule has 0 amide bonds. The molecule has 1 aromatic heterocycles. The summed E-state index contributed by atoms with van der Waals surface area (Å²) >= 11 is 0. The van der Waals surface area contributed by atoms with Crippen molar-refractivity contribution in [3.8, 4) is 22.5 Å². The maximum absolute atomic E-state index is 12.5. The van der Waals surface area contributed by atoms with E-state index in [0.29, 0.717) is 27.9 Å². The molecule has 37 heavy (non-hydrogen) atoms. The number of benzene rings is 3. The highest BCUT2D eigenvalue weighted by atomic mass is 16.4. The van der Waals surface area contributed by atoms with Crippen LogP contribution in [0.1, 0.15) is 38.1 Å². The first-order chi connectivity index (χ1) is 17.9. The smallest absolute Gasteiger partial charge is 0.389 e. The van der Waals surface area contributed by atoms with E-state index in [1.807, 2.05) is 36.4 Å². The minimum absolute atomic E-state index is 0.0278. The summed E-state index contributed by atoms with van der Waals surface area (Å²) in [6.07, 6.45) is 0. The lowest BCUT2D eigenvalue weighted by atomic mass is 9.90. The number of aryl methyl sites for hydroxylation is 1. The van der Waals surface area contributed by atoms with E-state index >= 15 is 0 Å². The zero-order valence-corrected chi connectivity index (χ0v) is 21.9. The van der Waals surface area contributed by atoms with Crippen LogP contribution in [0.5, 0.6) is 0 Å². The van der Waals surface area contributed by atoms with Gasteiger partial charge in [0.15, 0.2) is 0 Å². The van der Waals surface area contributed by atoms with E-state index in [4.69, 9.17) is 4.42 Å². The van der Waals surface area contributed by atoms with Gasteiger partial charge < -0.3 is 9.32 Å². The van der Waals surface area contributed by atoms with Crippen molar-refractivity contribution in [2.45, 2.75) is 27.7 Å². The van der Waals surface area contributed by atoms with E-state index in [1.54, 1.807) is 11.7 Å². The van der Waals surface area contributed by atoms with Crippen molar-refractivity contribution in [2.75, 3.05) is 31.1 Å². The Kier molecular flexibility index (Phi) is 6.41. The summed E-state index contributed by atoms with van der Waals surface area (Å²) in [4.78, 5) is 14.8. The van der Waals surface area contributed by atoms with Crippen molar-refractivity contribution in [1.29, 1.82) is 0 Å². The molecule has 2 aliphatic rings. The maximum atomic E-state index is 12.5. The van der Waals surface area contributed by atoms with Gasteiger partial charge in [-0.15, -0.1) is 5.10 Å². The van der Waals surface area contributed by atoms with Gasteiger partial charge in [0.2, 0.25) is 5.36 Å². The Morgan fingerprint density at radius 2 is 1.70 bits per heavy atom. The molecule has 5 rings (SSSR count). The van der Waals surface area contributed by atoms with Gasteiger partial charge in [-0.3, -0.25) is 0 Å². The molecule has 1 aliphatic heterocycles. The SMILES string of the molecule is CCN(CC)c1ccc2c(-c3ccc4c(nnn4C)c3C([O])=O)c3ccc(=[N+](CC)CC)cc-3oc2c1. The van der Waals surface area contributed by atoms with Crippen molar-refractivity contribution in [3.63, 3.8) is 0 Å². The van der Waals surface area contributed by atoms with Crippen LogP contribution in [-0.2, 0) is 12.2 Å². The van der Waals surface area contributed by atoms with Crippen LogP contribution >= 0.6 is 0 Å². The average Bonchev–Trinajstić information content (AvgIpc) is 3.28. The number of rotatable bonds is 7. The molecule has 189 valence electrons. The Labute approximate surface area is 215 Å². The number of carbonyl (C=O) groups excluding carboxylic acids is 1. The number of fused-ring (bicyclic) bond motifs is 3. The van der Waals surface area contributed by atoms with Crippen LogP contribution in [0.4, 0.5) is 5.69 Å². The molecule has 2 aromatic carbocycles. The Bertz CT molecular complexity index is 1670. The molecular formula is C29H31N5O3+. The predicted molar refractivity (Wildman–Crippen MR) is 145 cm³/mol. The van der Waals surface area contributed by atoms with Crippen LogP contribution in [0, 0.1) is 0 Å². The van der Waals surface area contributed by atoms with Gasteiger partial charge in [-0.25, -0.2) is 19.2 Å². The predicted octanol–water partition coefficient (Wildman–Crippen LogP) is 4.72. The van der Waals surface area contributed by atoms with Crippen molar-refractivity contribution < 1.29 is 14.3 Å². The molecule has 8 heteroatoms. The topological polar surface area (TPSA) is 87.1 Å². The van der Waals surface area contributed by atoms with Gasteiger partial charge in [-0.1, -0.05) is 11.3 Å². The van der Waals surface area contributed by atoms with E-state index in [1.165, 1.54) is 0 Å². The van der Waals surface area contributed by atoms with Crippen LogP contribution in [0.2, 0.25) is 0 Å². The van der Waals surface area contributed by atoms with E-state index in [0.717, 1.165) is 53.7 Å². The van der Waals surface area contributed by atoms with Gasteiger partial charge in [0.05, 0.1) is 11.6 Å². The monoisotopic (exact) mass is 497 g/mol. The lowest BCUT2D eigenvalue weighted by molar-refractivity contribution is 0.0576. The molecule has 0 unspecified atom stereocenters. The molecule has 2 heterocycles. The highest BCUT2D eigenvalue weighted by molar-refractivity contribution is 6.13. The molecule has 3 aromatic rings. The number of carbonyl (C=O) groups is 1. The quantitative estimate of drug-likeness (QED) is 0.240. The van der Waals surface area contributed by atoms with Crippen LogP contribution in [0.25, 0.3) is 44.5 Å². The molecule has 0 atom stereocenters. The second-order valence-electron chi connectivity index (χ2n) is 9.04. The third-order valence-corrected chi connectivity index (χ3v) is 7.20. The van der Waals surface area contributed by atoms with E-state index in [9.17, 15) is 9.90 Å². The van der Waals surface area contributed by atoms with Crippen LogP contribution in [-0.4, -0.2) is 47.1 Å². The number of nitrogens with zero attached hydrogens (tertiary/aromatic N) is 5. The highest BCUT2D eigenvalue weighted by Gasteiger charge is 2.26. The second kappa shape index (κ2) is 9.69. The lowest BCUT2D eigenvalue weighted by Gasteiger charge is -2.22. The van der Waals surface area contributed by atoms with Crippen LogP contribution < -0.4 is 14.8 Å². The Morgan fingerprint density at radius 1 is 0.973 bits per heavy atom. The van der Waals surface area contributed by atoms with E-state index < -0.39 is 5.97 Å². The molecule has 1 aliphatic carbocycles. The first-order valence-electron chi connectivity index (χ1n) is 12.8. The van der Waals surface area contributed by atoms with Gasteiger partial charge in [0.1, 0.15) is 35.5 Å². The molecule has 1 radical (unpaired) electrons. The van der Waals surface area contributed by atoms with Crippen molar-refractivity contribution >= 4 is 33.7 Å². The average molecular weight is 498 g/mol. The molecular weight excluding hydrogens is 466 g/mol. The third kappa shape index (κ3) is 4.02. The van der Waals surface area contributed by atoms with Gasteiger partial charge in [-0.2, -0.15) is 0 Å². The summed E-state index contributed by atoms with van der Waals surface area (Å²) in [5, 5.41) is 22.6. The van der Waals surface area contributed by atoms with E-state index in [-0.39, 0.29) is 5.56 Å². The Hall–Kier alpha value is -4.20. The fourth-order valence-electron chi connectivity index (χ4n) is 5.25. The number of hydrogen-bond donors (Lipinski definition) is 0. The largest absolute Gasteiger partial charge is 0.456 e. The van der Waals surface area contributed by atoms with Crippen molar-refractivity contribution in [3.05, 3.63) is 59.5 Å². The number of hydrogen-bond acceptors (Lipinski definition) is 5. The molecule has 0 N–H and O–H groups in total. The lowest BCUT2D eigenvalue weighted by Crippen LogP contribution is -2.29. The zero-order valence-electron chi connectivity index (χ0n) is 21.9. The molecule has 0 saturated heterocycles. The standard InChI is InChI=1S/C29H31N5O3/c1-6-33(7-2)18-10-12-20-24(16-18)37-25-17-19(34(8-3)9-4)11-13-21(25)26(20)22-14-15-23-28(27(22)29(35)36)30-31-32(23)5/h10-17H,6-9H2,1-5H3/q+1. The number of anilines is 1. The van der Waals surface area contributed by atoms with Crippen LogP contribution in [0.3, 0.4) is 0 Å². The third-order valence-electron chi connectivity index (χ3n) is 7.20. The molecule has 0 bridgehead atoms. The van der Waals surface area contributed by atoms with Gasteiger partial charge in [-0.05, 0) is 52.0 Å². The Balaban J connectivity index is 1.93. The first kappa shape index (κ1) is 24.5. The van der Waals surface area contributed by atoms with Crippen molar-refractivity contribution in [2.24, 2.45) is 7.05 Å². The van der Waals surface area contributed by atoms with E-state index in [2.05, 4.69) is 59.6 Å². The first-order valence-corrected chi connectivity index (χ1v) is 12.8. The summed E-state index contributed by atoms with van der Waals surface area (Å²) in [6.45, 7) is 12.0. The molecule has 0 fully saturated rings. The fourth-order valence-corrected chi connectivity index (χ4v) is 5.25. The van der Waals surface area contributed by atoms with Gasteiger partial charge in [0.25, 0.3) is 0 Å². The van der Waals surface area contributed by atoms with Gasteiger partial charge >= 0.3 is 5.97 Å².